The smallest absolute Gasteiger partial charge is 0.248 e. The summed E-state index contributed by atoms with van der Waals surface area (Å²) in [7, 11) is 0. The Bertz CT molecular complexity index is 1180. The van der Waals surface area contributed by atoms with Gasteiger partial charge in [-0.15, -0.1) is 11.3 Å². The number of benzene rings is 2. The summed E-state index contributed by atoms with van der Waals surface area (Å²) in [5.41, 5.74) is 1.27. The highest BCUT2D eigenvalue weighted by molar-refractivity contribution is 7.10. The molecule has 0 radical (unpaired) electrons. The molecule has 1 aromatic heterocycles. The maximum absolute atomic E-state index is 13.9. The van der Waals surface area contributed by atoms with Crippen LogP contribution in [0.5, 0.6) is 11.5 Å². The van der Waals surface area contributed by atoms with Gasteiger partial charge in [-0.25, -0.2) is 0 Å². The van der Waals surface area contributed by atoms with Crippen LogP contribution in [0.2, 0.25) is 5.02 Å². The molecule has 6 nitrogen and oxygen atoms in total. The molecular weight excluding hydrogens is 484 g/mol. The molecule has 0 unspecified atom stereocenters. The molecule has 1 fully saturated rings. The van der Waals surface area contributed by atoms with E-state index in [1.165, 1.54) is 17.8 Å². The Kier molecular flexibility index (Phi) is 7.25. The Morgan fingerprint density at radius 3 is 2.54 bits per heavy atom. The summed E-state index contributed by atoms with van der Waals surface area (Å²) in [5.74, 6) is 0.801. The minimum atomic E-state index is -0.859. The highest BCUT2D eigenvalue weighted by atomic mass is 35.5. The number of carbonyl (C=O) groups is 2. The number of rotatable bonds is 7. The first-order valence-electron chi connectivity index (χ1n) is 11.9. The Hall–Kier alpha value is -3.03. The SMILES string of the molecule is O=C(NC1CCCCC1)[C@@H](c1ccc(Cl)cc1)N(C(=O)Cc1cccs1)c1ccc2c(c1)OCO2. The lowest BCUT2D eigenvalue weighted by molar-refractivity contribution is -0.127. The third-order valence-electron chi connectivity index (χ3n) is 6.45. The average molecular weight is 511 g/mol. The molecule has 1 aliphatic carbocycles. The number of halogens is 1. The van der Waals surface area contributed by atoms with Crippen molar-refractivity contribution in [3.63, 3.8) is 0 Å². The van der Waals surface area contributed by atoms with Gasteiger partial charge in [0, 0.05) is 27.7 Å². The van der Waals surface area contributed by atoms with Crippen LogP contribution in [0, 0.1) is 0 Å². The molecule has 1 atom stereocenters. The van der Waals surface area contributed by atoms with Crippen molar-refractivity contribution in [1.29, 1.82) is 0 Å². The van der Waals surface area contributed by atoms with Crippen LogP contribution >= 0.6 is 22.9 Å². The first-order chi connectivity index (χ1) is 17.1. The fraction of sp³-hybridized carbons (Fsp3) is 0.333. The van der Waals surface area contributed by atoms with Crippen molar-refractivity contribution in [2.75, 3.05) is 11.7 Å². The van der Waals surface area contributed by atoms with Gasteiger partial charge in [-0.05, 0) is 54.1 Å². The van der Waals surface area contributed by atoms with E-state index < -0.39 is 6.04 Å². The van der Waals surface area contributed by atoms with Crippen LogP contribution in [0.15, 0.2) is 60.0 Å². The topological polar surface area (TPSA) is 67.9 Å². The Morgan fingerprint density at radius 2 is 1.80 bits per heavy atom. The maximum atomic E-state index is 13.9. The van der Waals surface area contributed by atoms with Crippen LogP contribution in [0.25, 0.3) is 0 Å². The van der Waals surface area contributed by atoms with Gasteiger partial charge in [0.05, 0.1) is 6.42 Å². The van der Waals surface area contributed by atoms with Gasteiger partial charge in [-0.2, -0.15) is 0 Å². The summed E-state index contributed by atoms with van der Waals surface area (Å²) in [6.07, 6.45) is 5.47. The molecule has 35 heavy (non-hydrogen) atoms. The van der Waals surface area contributed by atoms with E-state index in [-0.39, 0.29) is 31.1 Å². The van der Waals surface area contributed by atoms with Crippen molar-refractivity contribution in [3.8, 4) is 11.5 Å². The van der Waals surface area contributed by atoms with Gasteiger partial charge in [-0.3, -0.25) is 14.5 Å². The summed E-state index contributed by atoms with van der Waals surface area (Å²) >= 11 is 7.68. The minimum absolute atomic E-state index is 0.108. The highest BCUT2D eigenvalue weighted by Crippen LogP contribution is 2.39. The number of thiophene rings is 1. The summed E-state index contributed by atoms with van der Waals surface area (Å²) < 4.78 is 11.0. The van der Waals surface area contributed by atoms with Crippen LogP contribution in [0.3, 0.4) is 0 Å². The molecule has 3 aromatic rings. The van der Waals surface area contributed by atoms with Gasteiger partial charge in [0.25, 0.3) is 0 Å². The Labute approximate surface area is 213 Å². The van der Waals surface area contributed by atoms with Crippen LogP contribution < -0.4 is 19.7 Å². The first-order valence-corrected chi connectivity index (χ1v) is 13.1. The zero-order valence-corrected chi connectivity index (χ0v) is 20.8. The fourth-order valence-electron chi connectivity index (χ4n) is 4.71. The number of hydrogen-bond acceptors (Lipinski definition) is 5. The lowest BCUT2D eigenvalue weighted by atomic mass is 9.94. The molecule has 0 saturated heterocycles. The third kappa shape index (κ3) is 5.46. The number of hydrogen-bond donors (Lipinski definition) is 1. The lowest BCUT2D eigenvalue weighted by Gasteiger charge is -2.33. The second-order valence-corrected chi connectivity index (χ2v) is 10.3. The summed E-state index contributed by atoms with van der Waals surface area (Å²) in [6, 6.07) is 15.6. The van der Waals surface area contributed by atoms with E-state index in [1.807, 2.05) is 29.6 Å². The molecule has 5 rings (SSSR count). The van der Waals surface area contributed by atoms with E-state index in [0.717, 1.165) is 30.6 Å². The molecule has 2 aromatic carbocycles. The quantitative estimate of drug-likeness (QED) is 0.430. The van der Waals surface area contributed by atoms with Gasteiger partial charge in [0.2, 0.25) is 18.6 Å². The average Bonchev–Trinajstić information content (AvgIpc) is 3.55. The van der Waals surface area contributed by atoms with Gasteiger partial charge in [0.15, 0.2) is 11.5 Å². The van der Waals surface area contributed by atoms with Crippen molar-refractivity contribution >= 4 is 40.4 Å². The van der Waals surface area contributed by atoms with Crippen LogP contribution in [0.4, 0.5) is 5.69 Å². The lowest BCUT2D eigenvalue weighted by Crippen LogP contribution is -2.47. The number of nitrogens with one attached hydrogen (secondary N) is 1. The molecule has 0 spiro atoms. The number of carbonyl (C=O) groups excluding carboxylic acids is 2. The molecule has 1 aliphatic heterocycles. The van der Waals surface area contributed by atoms with Crippen LogP contribution in [0.1, 0.15) is 48.6 Å². The second kappa shape index (κ2) is 10.7. The number of amides is 2. The number of nitrogens with zero attached hydrogens (tertiary/aromatic N) is 1. The first kappa shape index (κ1) is 23.7. The monoisotopic (exact) mass is 510 g/mol. The second-order valence-electron chi connectivity index (χ2n) is 8.86. The molecular formula is C27H27ClN2O4S. The van der Waals surface area contributed by atoms with Crippen molar-refractivity contribution in [3.05, 3.63) is 75.4 Å². The molecule has 1 N–H and O–H groups in total. The van der Waals surface area contributed by atoms with Crippen LogP contribution in [-0.4, -0.2) is 24.6 Å². The number of anilines is 1. The van der Waals surface area contributed by atoms with Gasteiger partial charge in [0.1, 0.15) is 6.04 Å². The van der Waals surface area contributed by atoms with E-state index in [4.69, 9.17) is 21.1 Å². The zero-order chi connectivity index (χ0) is 24.2. The molecule has 2 amide bonds. The summed E-state index contributed by atoms with van der Waals surface area (Å²) in [4.78, 5) is 30.2. The molecule has 2 heterocycles. The van der Waals surface area contributed by atoms with Gasteiger partial charge in [-0.1, -0.05) is 49.1 Å². The number of fused-ring (bicyclic) bond motifs is 1. The molecule has 0 bridgehead atoms. The normalized spacial score (nSPS) is 16.0. The third-order valence-corrected chi connectivity index (χ3v) is 7.58. The van der Waals surface area contributed by atoms with Crippen molar-refractivity contribution < 1.29 is 19.1 Å². The van der Waals surface area contributed by atoms with E-state index in [2.05, 4.69) is 5.32 Å². The Balaban J connectivity index is 1.55. The molecule has 8 heteroatoms. The van der Waals surface area contributed by atoms with Crippen molar-refractivity contribution in [2.24, 2.45) is 0 Å². The van der Waals surface area contributed by atoms with Crippen LogP contribution in [-0.2, 0) is 16.0 Å². The zero-order valence-electron chi connectivity index (χ0n) is 19.2. The molecule has 2 aliphatic rings. The van der Waals surface area contributed by atoms with Gasteiger partial charge >= 0.3 is 0 Å². The van der Waals surface area contributed by atoms with E-state index >= 15 is 0 Å². The predicted octanol–water partition coefficient (Wildman–Crippen LogP) is 5.90. The Morgan fingerprint density at radius 1 is 1.03 bits per heavy atom. The minimum Gasteiger partial charge on any atom is -0.454 e. The van der Waals surface area contributed by atoms with Crippen molar-refractivity contribution in [2.45, 2.75) is 50.6 Å². The maximum Gasteiger partial charge on any atom is 0.248 e. The van der Waals surface area contributed by atoms with E-state index in [0.29, 0.717) is 27.8 Å². The molecule has 182 valence electrons. The van der Waals surface area contributed by atoms with Crippen molar-refractivity contribution in [1.82, 2.24) is 5.32 Å². The highest BCUT2D eigenvalue weighted by Gasteiger charge is 2.35. The summed E-state index contributed by atoms with van der Waals surface area (Å²) in [6.45, 7) is 0.130. The van der Waals surface area contributed by atoms with Gasteiger partial charge < -0.3 is 14.8 Å². The number of ether oxygens (including phenoxy) is 2. The fourth-order valence-corrected chi connectivity index (χ4v) is 5.53. The van der Waals surface area contributed by atoms with E-state index in [9.17, 15) is 9.59 Å². The summed E-state index contributed by atoms with van der Waals surface area (Å²) in [5, 5.41) is 5.74. The largest absolute Gasteiger partial charge is 0.454 e. The van der Waals surface area contributed by atoms with E-state index in [1.54, 1.807) is 35.2 Å². The standard InChI is InChI=1S/C27H27ClN2O4S/c28-19-10-8-18(9-11-19)26(27(32)29-20-5-2-1-3-6-20)30(25(31)16-22-7-4-14-35-22)21-12-13-23-24(15-21)34-17-33-23/h4,7-15,20,26H,1-3,5-6,16-17H2,(H,29,32)/t26-/m1/s1. The predicted molar refractivity (Wildman–Crippen MR) is 137 cm³/mol. The molecule has 1 saturated carbocycles.